The molecule has 0 atom stereocenters. The van der Waals surface area contributed by atoms with Crippen LogP contribution < -0.4 is 4.72 Å². The molecule has 0 aliphatic carbocycles. The van der Waals surface area contributed by atoms with Crippen molar-refractivity contribution in [2.24, 2.45) is 10.2 Å². The minimum absolute atomic E-state index is 0.0367. The van der Waals surface area contributed by atoms with Crippen LogP contribution in [0.15, 0.2) is 76.3 Å². The van der Waals surface area contributed by atoms with E-state index in [4.69, 9.17) is 0 Å². The topological polar surface area (TPSA) is 137 Å². The normalized spacial score (nSPS) is 11.8. The largest absolute Gasteiger partial charge is 0.508 e. The summed E-state index contributed by atoms with van der Waals surface area (Å²) in [6.45, 7) is 5.26. The van der Waals surface area contributed by atoms with E-state index in [0.717, 1.165) is 16.7 Å². The fourth-order valence-electron chi connectivity index (χ4n) is 2.95. The fourth-order valence-corrected chi connectivity index (χ4v) is 4.77. The molecule has 11 heteroatoms. The zero-order valence-electron chi connectivity index (χ0n) is 16.7. The minimum Gasteiger partial charge on any atom is -0.508 e. The van der Waals surface area contributed by atoms with Crippen molar-refractivity contribution in [2.75, 3.05) is 4.72 Å². The average Bonchev–Trinajstić information content (AvgIpc) is 3.15. The fraction of sp³-hybridized carbons (Fsp3) is 0.0476. The summed E-state index contributed by atoms with van der Waals surface area (Å²) in [4.78, 5) is 0.0367. The number of aromatic nitrogens is 2. The second-order valence-corrected chi connectivity index (χ2v) is 9.60. The first kappa shape index (κ1) is 21.4. The van der Waals surface area contributed by atoms with Crippen molar-refractivity contribution in [2.45, 2.75) is 11.8 Å². The molecule has 162 valence electrons. The third-order valence-electron chi connectivity index (χ3n) is 4.45. The molecule has 1 heterocycles. The summed E-state index contributed by atoms with van der Waals surface area (Å²) in [7, 11) is -3.81. The Morgan fingerprint density at radius 2 is 1.84 bits per heavy atom. The number of aliphatic hydroxyl groups is 1. The summed E-state index contributed by atoms with van der Waals surface area (Å²) in [5.41, 5.74) is 1.13. The van der Waals surface area contributed by atoms with Gasteiger partial charge in [-0.2, -0.15) is 5.11 Å². The number of aromatic hydroxyl groups is 1. The molecule has 0 bridgehead atoms. The van der Waals surface area contributed by atoms with Crippen LogP contribution in [0, 0.1) is 6.92 Å². The molecular weight excluding hydrogens is 450 g/mol. The standard InChI is InChI=1S/C21H17N5O4S2/c1-12(27)17-5-3-4-14-10-19(20(28)11-18(14)17)24-23-15-6-8-16(9-7-15)32(29,30)26-21-25-22-13(2)31-21/h3-11,27-28H,1H2,2H3,(H,25,26). The molecule has 0 saturated carbocycles. The molecule has 9 nitrogen and oxygen atoms in total. The monoisotopic (exact) mass is 467 g/mol. The van der Waals surface area contributed by atoms with Crippen molar-refractivity contribution in [3.05, 3.63) is 71.7 Å². The molecule has 0 radical (unpaired) electrons. The number of phenols is 1. The molecule has 3 N–H and O–H groups in total. The Balaban J connectivity index is 1.57. The lowest BCUT2D eigenvalue weighted by Gasteiger charge is -2.07. The third-order valence-corrected chi connectivity index (χ3v) is 6.69. The highest BCUT2D eigenvalue weighted by Crippen LogP contribution is 2.35. The Morgan fingerprint density at radius 3 is 2.50 bits per heavy atom. The zero-order chi connectivity index (χ0) is 22.9. The van der Waals surface area contributed by atoms with E-state index in [9.17, 15) is 18.6 Å². The van der Waals surface area contributed by atoms with Gasteiger partial charge in [-0.05, 0) is 54.1 Å². The second-order valence-electron chi connectivity index (χ2n) is 6.74. The molecule has 0 aliphatic heterocycles. The van der Waals surface area contributed by atoms with Gasteiger partial charge in [0.15, 0.2) is 0 Å². The van der Waals surface area contributed by atoms with Gasteiger partial charge in [0, 0.05) is 5.56 Å². The first-order valence-electron chi connectivity index (χ1n) is 9.22. The maximum atomic E-state index is 12.5. The predicted molar refractivity (Wildman–Crippen MR) is 123 cm³/mol. The number of sulfonamides is 1. The number of fused-ring (bicyclic) bond motifs is 1. The van der Waals surface area contributed by atoms with E-state index in [0.29, 0.717) is 21.6 Å². The van der Waals surface area contributed by atoms with Crippen molar-refractivity contribution in [1.29, 1.82) is 0 Å². The molecule has 1 aromatic heterocycles. The lowest BCUT2D eigenvalue weighted by atomic mass is 10.0. The highest BCUT2D eigenvalue weighted by atomic mass is 32.2. The van der Waals surface area contributed by atoms with Crippen LogP contribution >= 0.6 is 11.3 Å². The highest BCUT2D eigenvalue weighted by molar-refractivity contribution is 7.93. The predicted octanol–water partition coefficient (Wildman–Crippen LogP) is 5.45. The van der Waals surface area contributed by atoms with Crippen LogP contribution in [0.5, 0.6) is 5.75 Å². The average molecular weight is 468 g/mol. The van der Waals surface area contributed by atoms with Gasteiger partial charge >= 0.3 is 0 Å². The molecule has 0 unspecified atom stereocenters. The van der Waals surface area contributed by atoms with Gasteiger partial charge in [-0.3, -0.25) is 4.72 Å². The number of phenolic OH excluding ortho intramolecular Hbond substituents is 1. The number of nitrogens with zero attached hydrogens (tertiary/aromatic N) is 4. The number of nitrogens with one attached hydrogen (secondary N) is 1. The van der Waals surface area contributed by atoms with Gasteiger partial charge in [0.05, 0.1) is 10.6 Å². The molecule has 3 aromatic carbocycles. The van der Waals surface area contributed by atoms with E-state index in [1.54, 1.807) is 25.1 Å². The Kier molecular flexibility index (Phi) is 5.59. The van der Waals surface area contributed by atoms with E-state index < -0.39 is 10.0 Å². The van der Waals surface area contributed by atoms with Crippen LogP contribution in [0.4, 0.5) is 16.5 Å². The number of anilines is 1. The Labute approximate surface area is 187 Å². The number of hydrogen-bond acceptors (Lipinski definition) is 9. The van der Waals surface area contributed by atoms with Gasteiger partial charge < -0.3 is 10.2 Å². The Morgan fingerprint density at radius 1 is 1.09 bits per heavy atom. The van der Waals surface area contributed by atoms with Crippen LogP contribution in [-0.4, -0.2) is 28.8 Å². The van der Waals surface area contributed by atoms with E-state index in [2.05, 4.69) is 31.7 Å². The lowest BCUT2D eigenvalue weighted by Crippen LogP contribution is -2.12. The first-order valence-corrected chi connectivity index (χ1v) is 11.5. The Bertz CT molecular complexity index is 1460. The van der Waals surface area contributed by atoms with E-state index >= 15 is 0 Å². The number of benzene rings is 3. The first-order chi connectivity index (χ1) is 15.2. The summed E-state index contributed by atoms with van der Waals surface area (Å²) in [5.74, 6) is -0.221. The van der Waals surface area contributed by atoms with Crippen LogP contribution in [0.25, 0.3) is 16.5 Å². The summed E-state index contributed by atoms with van der Waals surface area (Å²) >= 11 is 1.13. The lowest BCUT2D eigenvalue weighted by molar-refractivity contribution is 0.477. The maximum absolute atomic E-state index is 12.5. The van der Waals surface area contributed by atoms with Gasteiger partial charge in [-0.25, -0.2) is 8.42 Å². The number of hydrogen-bond donors (Lipinski definition) is 3. The van der Waals surface area contributed by atoms with Gasteiger partial charge in [0.2, 0.25) is 5.13 Å². The van der Waals surface area contributed by atoms with Gasteiger partial charge in [0.1, 0.15) is 22.2 Å². The van der Waals surface area contributed by atoms with Gasteiger partial charge in [0.25, 0.3) is 10.0 Å². The van der Waals surface area contributed by atoms with Crippen molar-refractivity contribution < 1.29 is 18.6 Å². The third kappa shape index (κ3) is 4.43. The molecule has 4 aromatic rings. The summed E-state index contributed by atoms with van der Waals surface area (Å²) in [6, 6.07) is 14.2. The smallest absolute Gasteiger partial charge is 0.263 e. The molecular formula is C21H17N5O4S2. The van der Waals surface area contributed by atoms with Crippen molar-refractivity contribution in [1.82, 2.24) is 10.2 Å². The van der Waals surface area contributed by atoms with Crippen molar-refractivity contribution in [3.63, 3.8) is 0 Å². The highest BCUT2D eigenvalue weighted by Gasteiger charge is 2.16. The van der Waals surface area contributed by atoms with Crippen LogP contribution in [0.3, 0.4) is 0 Å². The van der Waals surface area contributed by atoms with E-state index in [1.165, 1.54) is 30.3 Å². The molecule has 32 heavy (non-hydrogen) atoms. The van der Waals surface area contributed by atoms with Crippen LogP contribution in [-0.2, 0) is 10.0 Å². The summed E-state index contributed by atoms with van der Waals surface area (Å²) < 4.78 is 27.3. The molecule has 0 aliphatic rings. The van der Waals surface area contributed by atoms with Gasteiger partial charge in [-0.1, -0.05) is 36.1 Å². The molecule has 0 amide bonds. The summed E-state index contributed by atoms with van der Waals surface area (Å²) in [6.07, 6.45) is 0. The number of aliphatic hydroxyl groups excluding tert-OH is 1. The van der Waals surface area contributed by atoms with Crippen LogP contribution in [0.2, 0.25) is 0 Å². The second kappa shape index (κ2) is 8.36. The number of aryl methyl sites for hydroxylation is 1. The quantitative estimate of drug-likeness (QED) is 0.255. The minimum atomic E-state index is -3.81. The molecule has 0 fully saturated rings. The SMILES string of the molecule is C=C(O)c1cccc2cc(N=Nc3ccc(S(=O)(=O)Nc4nnc(C)s4)cc3)c(O)cc12. The Hall–Kier alpha value is -3.83. The zero-order valence-corrected chi connectivity index (χ0v) is 18.4. The number of azo groups is 1. The van der Waals surface area contributed by atoms with Gasteiger partial charge in [-0.15, -0.1) is 15.3 Å². The number of rotatable bonds is 6. The van der Waals surface area contributed by atoms with Crippen molar-refractivity contribution in [3.8, 4) is 5.75 Å². The molecule has 0 spiro atoms. The van der Waals surface area contributed by atoms with Crippen molar-refractivity contribution >= 4 is 54.4 Å². The van der Waals surface area contributed by atoms with E-state index in [-0.39, 0.29) is 27.2 Å². The molecule has 4 rings (SSSR count). The summed E-state index contributed by atoms with van der Waals surface area (Å²) in [5, 5.41) is 37.9. The van der Waals surface area contributed by atoms with E-state index in [1.807, 2.05) is 6.07 Å². The van der Waals surface area contributed by atoms with Crippen LogP contribution in [0.1, 0.15) is 10.6 Å². The molecule has 0 saturated heterocycles. The maximum Gasteiger partial charge on any atom is 0.263 e.